The van der Waals surface area contributed by atoms with E-state index in [2.05, 4.69) is 32.9 Å². The molecule has 0 unspecified atom stereocenters. The Labute approximate surface area is 261 Å². The van der Waals surface area contributed by atoms with Crippen molar-refractivity contribution in [2.24, 2.45) is 16.7 Å². The molecule has 1 aromatic heterocycles. The van der Waals surface area contributed by atoms with Crippen molar-refractivity contribution in [2.45, 2.75) is 106 Å². The molecule has 1 heterocycles. The van der Waals surface area contributed by atoms with Gasteiger partial charge in [-0.15, -0.1) is 0 Å². The fraction of sp³-hybridized carbons (Fsp3) is 0.500. The van der Waals surface area contributed by atoms with Crippen LogP contribution in [0.2, 0.25) is 0 Å². The number of phenols is 2. The normalized spacial score (nSPS) is 25.7. The molecule has 236 valence electrons. The summed E-state index contributed by atoms with van der Waals surface area (Å²) in [5, 5.41) is 20.6. The predicted molar refractivity (Wildman–Crippen MR) is 176 cm³/mol. The van der Waals surface area contributed by atoms with Gasteiger partial charge in [0.15, 0.2) is 23.1 Å². The zero-order valence-electron chi connectivity index (χ0n) is 27.8. The molecule has 0 saturated heterocycles. The predicted octanol–water partition coefficient (Wildman–Crippen LogP) is 9.04. The second-order valence-electron chi connectivity index (χ2n) is 14.2. The van der Waals surface area contributed by atoms with Crippen LogP contribution >= 0.6 is 0 Å². The van der Waals surface area contributed by atoms with E-state index in [1.165, 1.54) is 11.6 Å². The van der Waals surface area contributed by atoms with E-state index in [1.54, 1.807) is 0 Å². The van der Waals surface area contributed by atoms with E-state index in [-0.39, 0.29) is 40.4 Å². The van der Waals surface area contributed by atoms with Gasteiger partial charge >= 0.3 is 0 Å². The molecule has 2 N–H and O–H groups in total. The summed E-state index contributed by atoms with van der Waals surface area (Å²) in [4.78, 5) is 45.0. The summed E-state index contributed by atoms with van der Waals surface area (Å²) in [7, 11) is 0. The Hall–Kier alpha value is -3.67. The average molecular weight is 601 g/mol. The molecule has 2 aliphatic carbocycles. The summed E-state index contributed by atoms with van der Waals surface area (Å²) in [6.45, 7) is 18.1. The monoisotopic (exact) mass is 600 g/mol. The number of aromatic hydroxyl groups is 2. The van der Waals surface area contributed by atoms with Crippen LogP contribution in [0.4, 0.5) is 0 Å². The molecule has 0 radical (unpaired) electrons. The lowest BCUT2D eigenvalue weighted by Crippen LogP contribution is -2.69. The second-order valence-corrected chi connectivity index (χ2v) is 14.2. The number of carbonyl (C=O) groups excluding carboxylic acids is 2. The molecule has 0 spiro atoms. The molecule has 1 saturated carbocycles. The Morgan fingerprint density at radius 1 is 0.841 bits per heavy atom. The van der Waals surface area contributed by atoms with Crippen molar-refractivity contribution in [3.63, 3.8) is 0 Å². The number of hydrogen-bond acceptors (Lipinski definition) is 6. The number of ketones is 2. The van der Waals surface area contributed by atoms with Crippen molar-refractivity contribution in [3.05, 3.63) is 80.3 Å². The van der Waals surface area contributed by atoms with Gasteiger partial charge in [0.05, 0.1) is 10.8 Å². The van der Waals surface area contributed by atoms with Crippen molar-refractivity contribution in [2.75, 3.05) is 0 Å². The molecule has 2 aliphatic rings. The van der Waals surface area contributed by atoms with Crippen molar-refractivity contribution in [1.29, 1.82) is 0 Å². The topological polar surface area (TPSA) is 105 Å². The molecular formula is C38H48O6. The molecule has 6 nitrogen and oxygen atoms in total. The van der Waals surface area contributed by atoms with Crippen LogP contribution in [0, 0.1) is 16.7 Å². The maximum Gasteiger partial charge on any atom is 0.204 e. The fourth-order valence-electron chi connectivity index (χ4n) is 7.51. The number of allylic oxidation sites excluding steroid dienone is 8. The number of benzene rings is 1. The van der Waals surface area contributed by atoms with Crippen LogP contribution in [-0.2, 0) is 10.2 Å². The van der Waals surface area contributed by atoms with E-state index in [0.717, 1.165) is 22.8 Å². The van der Waals surface area contributed by atoms with Gasteiger partial charge in [0, 0.05) is 6.07 Å². The Balaban J connectivity index is 2.20. The first-order valence-corrected chi connectivity index (χ1v) is 15.7. The maximum atomic E-state index is 15.5. The second kappa shape index (κ2) is 12.0. The summed E-state index contributed by atoms with van der Waals surface area (Å²) < 4.78 is 6.41. The lowest BCUT2D eigenvalue weighted by Gasteiger charge is -2.61. The van der Waals surface area contributed by atoms with Crippen molar-refractivity contribution in [1.82, 2.24) is 0 Å². The minimum Gasteiger partial charge on any atom is -0.504 e. The van der Waals surface area contributed by atoms with Crippen molar-refractivity contribution < 1.29 is 24.2 Å². The summed E-state index contributed by atoms with van der Waals surface area (Å²) in [6.07, 6.45) is 11.2. The van der Waals surface area contributed by atoms with Gasteiger partial charge in [-0.3, -0.25) is 14.4 Å². The molecule has 44 heavy (non-hydrogen) atoms. The SMILES string of the molecule is CC(C)=CCC[C@]1(C)[C@@H](CC=C(C)C)C[C@]2(CC=C(C)C)C(=O)[C@@]1(CC=C(C)C)C(=O)c1c2oc2cc(O)c(O)cc2c1=O. The average Bonchev–Trinajstić information content (AvgIpc) is 2.92. The van der Waals surface area contributed by atoms with Crippen LogP contribution < -0.4 is 5.43 Å². The molecule has 6 heteroatoms. The third-order valence-electron chi connectivity index (χ3n) is 10.0. The quantitative estimate of drug-likeness (QED) is 0.169. The lowest BCUT2D eigenvalue weighted by atomic mass is 9.38. The van der Waals surface area contributed by atoms with Crippen LogP contribution in [0.15, 0.2) is 67.9 Å². The highest BCUT2D eigenvalue weighted by Crippen LogP contribution is 2.67. The largest absolute Gasteiger partial charge is 0.504 e. The van der Waals surface area contributed by atoms with Crippen LogP contribution in [0.3, 0.4) is 0 Å². The molecular weight excluding hydrogens is 552 g/mol. The van der Waals surface area contributed by atoms with E-state index in [4.69, 9.17) is 4.42 Å². The summed E-state index contributed by atoms with van der Waals surface area (Å²) in [5.41, 5.74) is 0.180. The van der Waals surface area contributed by atoms with Crippen LogP contribution in [0.1, 0.15) is 117 Å². The Kier molecular flexibility index (Phi) is 9.08. The van der Waals surface area contributed by atoms with E-state index < -0.39 is 39.0 Å². The summed E-state index contributed by atoms with van der Waals surface area (Å²) in [5.74, 6) is -1.57. The van der Waals surface area contributed by atoms with Gasteiger partial charge < -0.3 is 14.6 Å². The molecule has 4 atom stereocenters. The number of hydrogen-bond donors (Lipinski definition) is 2. The highest BCUT2D eigenvalue weighted by atomic mass is 16.3. The van der Waals surface area contributed by atoms with Crippen LogP contribution in [0.25, 0.3) is 11.0 Å². The number of Topliss-reactive ketones (excluding diaryl/α,β-unsaturated/α-hetero) is 2. The molecule has 0 aliphatic heterocycles. The number of carbonyl (C=O) groups is 2. The van der Waals surface area contributed by atoms with Gasteiger partial charge in [0.1, 0.15) is 22.3 Å². The molecule has 1 aromatic carbocycles. The highest BCUT2D eigenvalue weighted by molar-refractivity contribution is 6.23. The van der Waals surface area contributed by atoms with Gasteiger partial charge in [-0.2, -0.15) is 0 Å². The minimum atomic E-state index is -1.50. The van der Waals surface area contributed by atoms with Crippen molar-refractivity contribution >= 4 is 22.5 Å². The summed E-state index contributed by atoms with van der Waals surface area (Å²) >= 11 is 0. The van der Waals surface area contributed by atoms with Gasteiger partial charge in [0.25, 0.3) is 0 Å². The van der Waals surface area contributed by atoms with Crippen LogP contribution in [-0.4, -0.2) is 21.8 Å². The standard InChI is InChI=1S/C38H48O6/c1-22(2)11-10-16-36(9)26(13-12-23(3)4)21-37(17-14-24(5)6)34-31(33(42)38(36,35(37)43)18-15-25(7)8)32(41)27-19-28(39)29(40)20-30(27)44-34/h11-12,14-15,19-20,26,39-40H,10,13,16-18,21H2,1-9H3/t26-,36+,37-,38+/m0/s1. The van der Waals surface area contributed by atoms with Gasteiger partial charge in [0.2, 0.25) is 5.43 Å². The van der Waals surface area contributed by atoms with Gasteiger partial charge in [-0.25, -0.2) is 0 Å². The van der Waals surface area contributed by atoms with E-state index >= 15 is 9.59 Å². The molecule has 1 fully saturated rings. The van der Waals surface area contributed by atoms with E-state index in [1.807, 2.05) is 53.7 Å². The van der Waals surface area contributed by atoms with E-state index in [0.29, 0.717) is 32.1 Å². The Morgan fingerprint density at radius 2 is 1.41 bits per heavy atom. The smallest absolute Gasteiger partial charge is 0.204 e. The first-order valence-electron chi connectivity index (χ1n) is 15.7. The number of fused-ring (bicyclic) bond motifs is 5. The molecule has 0 amide bonds. The molecule has 4 rings (SSSR count). The zero-order valence-corrected chi connectivity index (χ0v) is 27.8. The maximum absolute atomic E-state index is 15.5. The van der Waals surface area contributed by atoms with E-state index in [9.17, 15) is 15.0 Å². The summed E-state index contributed by atoms with van der Waals surface area (Å²) in [6, 6.07) is 2.33. The number of rotatable bonds is 9. The Bertz CT molecular complexity index is 1680. The van der Waals surface area contributed by atoms with Crippen LogP contribution in [0.5, 0.6) is 11.5 Å². The lowest BCUT2D eigenvalue weighted by molar-refractivity contribution is -0.154. The molecule has 2 aromatic rings. The number of phenolic OH excluding ortho intramolecular Hbond substituents is 2. The first-order chi connectivity index (χ1) is 20.5. The fourth-order valence-corrected chi connectivity index (χ4v) is 7.51. The Morgan fingerprint density at radius 3 is 2.00 bits per heavy atom. The third kappa shape index (κ3) is 5.31. The van der Waals surface area contributed by atoms with Gasteiger partial charge in [-0.05, 0) is 111 Å². The minimum absolute atomic E-state index is 0.00175. The first kappa shape index (κ1) is 33.2. The van der Waals surface area contributed by atoms with Crippen molar-refractivity contribution in [3.8, 4) is 11.5 Å². The zero-order chi connectivity index (χ0) is 32.8. The third-order valence-corrected chi connectivity index (χ3v) is 10.0. The highest BCUT2D eigenvalue weighted by Gasteiger charge is 2.73. The van der Waals surface area contributed by atoms with Gasteiger partial charge in [-0.1, -0.05) is 53.5 Å². The molecule has 2 bridgehead atoms.